The highest BCUT2D eigenvalue weighted by atomic mass is 16.3. The molecule has 0 spiro atoms. The summed E-state index contributed by atoms with van der Waals surface area (Å²) in [5.74, 6) is -0.0812. The second kappa shape index (κ2) is 46.7. The van der Waals surface area contributed by atoms with Gasteiger partial charge < -0.3 is 15.5 Å². The van der Waals surface area contributed by atoms with Crippen molar-refractivity contribution in [3.05, 3.63) is 48.6 Å². The summed E-state index contributed by atoms with van der Waals surface area (Å²) < 4.78 is 0. The maximum absolute atomic E-state index is 12.4. The van der Waals surface area contributed by atoms with Gasteiger partial charge in [-0.1, -0.05) is 223 Å². The van der Waals surface area contributed by atoms with Crippen LogP contribution in [0.1, 0.15) is 251 Å². The highest BCUT2D eigenvalue weighted by Gasteiger charge is 2.17. The normalized spacial score (nSPS) is 13.3. The Morgan fingerprint density at radius 1 is 0.418 bits per heavy atom. The van der Waals surface area contributed by atoms with Crippen LogP contribution >= 0.6 is 0 Å². The van der Waals surface area contributed by atoms with Crippen molar-refractivity contribution >= 4 is 5.91 Å². The molecule has 0 aromatic heterocycles. The molecule has 0 aliphatic carbocycles. The lowest BCUT2D eigenvalue weighted by Gasteiger charge is -2.19. The predicted molar refractivity (Wildman–Crippen MR) is 244 cm³/mol. The Morgan fingerprint density at radius 3 is 1.05 bits per heavy atom. The van der Waals surface area contributed by atoms with Crippen LogP contribution in [0.5, 0.6) is 0 Å². The molecule has 55 heavy (non-hydrogen) atoms. The van der Waals surface area contributed by atoms with Crippen LogP contribution < -0.4 is 5.32 Å². The topological polar surface area (TPSA) is 69.6 Å². The number of carbonyl (C=O) groups excluding carboxylic acids is 1. The van der Waals surface area contributed by atoms with Crippen LogP contribution in [0.3, 0.4) is 0 Å². The van der Waals surface area contributed by atoms with Gasteiger partial charge in [-0.2, -0.15) is 0 Å². The fourth-order valence-corrected chi connectivity index (χ4v) is 7.26. The van der Waals surface area contributed by atoms with E-state index in [4.69, 9.17) is 0 Å². The molecule has 2 unspecified atom stereocenters. The van der Waals surface area contributed by atoms with E-state index in [0.717, 1.165) is 38.5 Å². The summed E-state index contributed by atoms with van der Waals surface area (Å²) in [5, 5.41) is 23.0. The van der Waals surface area contributed by atoms with E-state index in [0.29, 0.717) is 6.42 Å². The van der Waals surface area contributed by atoms with Crippen molar-refractivity contribution < 1.29 is 15.0 Å². The maximum atomic E-state index is 12.4. The quantitative estimate of drug-likeness (QED) is 0.0427. The monoisotopic (exact) mass is 770 g/mol. The molecule has 4 heteroatoms. The molecule has 0 saturated carbocycles. The van der Waals surface area contributed by atoms with E-state index < -0.39 is 12.1 Å². The Labute approximate surface area is 344 Å². The number of carbonyl (C=O) groups is 1. The first-order valence-corrected chi connectivity index (χ1v) is 24.4. The number of aliphatic hydroxyl groups excluding tert-OH is 2. The lowest BCUT2D eigenvalue weighted by molar-refractivity contribution is -0.123. The average molecular weight is 770 g/mol. The smallest absolute Gasteiger partial charge is 0.220 e. The average Bonchev–Trinajstić information content (AvgIpc) is 3.19. The summed E-state index contributed by atoms with van der Waals surface area (Å²) >= 11 is 0. The van der Waals surface area contributed by atoms with Crippen molar-refractivity contribution in [3.8, 4) is 0 Å². The molecule has 1 amide bonds. The van der Waals surface area contributed by atoms with Crippen LogP contribution in [0.25, 0.3) is 0 Å². The van der Waals surface area contributed by atoms with Crippen molar-refractivity contribution in [2.24, 2.45) is 0 Å². The van der Waals surface area contributed by atoms with Gasteiger partial charge in [-0.3, -0.25) is 4.79 Å². The first-order valence-electron chi connectivity index (χ1n) is 24.4. The van der Waals surface area contributed by atoms with Gasteiger partial charge in [-0.25, -0.2) is 0 Å². The molecule has 0 bridgehead atoms. The van der Waals surface area contributed by atoms with E-state index in [-0.39, 0.29) is 12.5 Å². The van der Waals surface area contributed by atoms with Crippen LogP contribution in [0.4, 0.5) is 0 Å². The summed E-state index contributed by atoms with van der Waals surface area (Å²) in [4.78, 5) is 12.4. The summed E-state index contributed by atoms with van der Waals surface area (Å²) in [7, 11) is 0. The number of nitrogens with one attached hydrogen (secondary N) is 1. The highest BCUT2D eigenvalue weighted by Crippen LogP contribution is 2.15. The van der Waals surface area contributed by atoms with Crippen LogP contribution in [0.2, 0.25) is 0 Å². The molecular weight excluding hydrogens is 675 g/mol. The zero-order valence-corrected chi connectivity index (χ0v) is 36.9. The summed E-state index contributed by atoms with van der Waals surface area (Å²) in [6.07, 6.45) is 63.8. The first kappa shape index (κ1) is 53.4. The second-order valence-electron chi connectivity index (χ2n) is 16.5. The molecule has 0 saturated heterocycles. The molecule has 0 fully saturated rings. The van der Waals surface area contributed by atoms with Crippen LogP contribution in [-0.2, 0) is 4.79 Å². The van der Waals surface area contributed by atoms with Crippen molar-refractivity contribution in [1.82, 2.24) is 5.32 Å². The molecule has 0 aromatic carbocycles. The standard InChI is InChI=1S/C51H95NO3/c1-3-5-7-9-11-13-15-17-19-21-23-25-26-27-29-31-33-35-37-39-41-43-45-47-51(55)52-49(48-53)50(54)46-44-42-40-38-36-34-32-30-28-24-22-20-18-16-14-12-10-8-6-4-2/h27-30,36,38,44,46,49-50,53-54H,3-26,31-35,37,39-43,45,47-48H2,1-2H3,(H,52,55)/b29-27-,30-28+,38-36+,46-44+. The van der Waals surface area contributed by atoms with Crippen LogP contribution in [-0.4, -0.2) is 34.9 Å². The zero-order chi connectivity index (χ0) is 40.0. The van der Waals surface area contributed by atoms with Crippen LogP contribution in [0.15, 0.2) is 48.6 Å². The third-order valence-corrected chi connectivity index (χ3v) is 11.0. The number of rotatable bonds is 44. The summed E-state index contributed by atoms with van der Waals surface area (Å²) in [6, 6.07) is -0.648. The van der Waals surface area contributed by atoms with E-state index in [2.05, 4.69) is 55.6 Å². The number of hydrogen-bond acceptors (Lipinski definition) is 3. The van der Waals surface area contributed by atoms with Gasteiger partial charge in [0.1, 0.15) is 0 Å². The lowest BCUT2D eigenvalue weighted by Crippen LogP contribution is -2.45. The van der Waals surface area contributed by atoms with Crippen molar-refractivity contribution in [3.63, 3.8) is 0 Å². The van der Waals surface area contributed by atoms with Gasteiger partial charge in [-0.15, -0.1) is 0 Å². The third-order valence-electron chi connectivity index (χ3n) is 11.0. The van der Waals surface area contributed by atoms with Crippen molar-refractivity contribution in [2.45, 2.75) is 264 Å². The van der Waals surface area contributed by atoms with Gasteiger partial charge in [-0.05, 0) is 70.6 Å². The minimum Gasteiger partial charge on any atom is -0.394 e. The Bertz CT molecular complexity index is 877. The van der Waals surface area contributed by atoms with Gasteiger partial charge in [0.15, 0.2) is 0 Å². The zero-order valence-electron chi connectivity index (χ0n) is 36.9. The van der Waals surface area contributed by atoms with Gasteiger partial charge >= 0.3 is 0 Å². The number of unbranched alkanes of at least 4 members (excludes halogenated alkanes) is 31. The minimum absolute atomic E-state index is 0.0812. The lowest BCUT2D eigenvalue weighted by atomic mass is 10.0. The molecule has 0 rings (SSSR count). The Hall–Kier alpha value is -1.65. The minimum atomic E-state index is -0.872. The number of hydrogen-bond donors (Lipinski definition) is 3. The predicted octanol–water partition coefficient (Wildman–Crippen LogP) is 15.5. The fourth-order valence-electron chi connectivity index (χ4n) is 7.26. The summed E-state index contributed by atoms with van der Waals surface area (Å²) in [6.45, 7) is 4.30. The number of allylic oxidation sites excluding steroid dienone is 7. The molecule has 4 nitrogen and oxygen atoms in total. The third kappa shape index (κ3) is 43.3. The van der Waals surface area contributed by atoms with Gasteiger partial charge in [0.05, 0.1) is 18.8 Å². The first-order chi connectivity index (χ1) is 27.2. The summed E-state index contributed by atoms with van der Waals surface area (Å²) in [5.41, 5.74) is 0. The van der Waals surface area contributed by atoms with Gasteiger partial charge in [0, 0.05) is 6.42 Å². The molecule has 0 aliphatic heterocycles. The molecule has 0 aliphatic rings. The van der Waals surface area contributed by atoms with E-state index in [1.807, 2.05) is 6.08 Å². The number of amides is 1. The van der Waals surface area contributed by atoms with Crippen LogP contribution in [0, 0.1) is 0 Å². The number of aliphatic hydroxyl groups is 2. The largest absolute Gasteiger partial charge is 0.394 e. The second-order valence-corrected chi connectivity index (χ2v) is 16.5. The fraction of sp³-hybridized carbons (Fsp3) is 0.824. The van der Waals surface area contributed by atoms with E-state index in [9.17, 15) is 15.0 Å². The Kier molecular flexibility index (Phi) is 45.3. The van der Waals surface area contributed by atoms with Gasteiger partial charge in [0.2, 0.25) is 5.91 Å². The van der Waals surface area contributed by atoms with E-state index in [1.165, 1.54) is 193 Å². The Morgan fingerprint density at radius 2 is 0.709 bits per heavy atom. The molecule has 322 valence electrons. The van der Waals surface area contributed by atoms with E-state index in [1.54, 1.807) is 6.08 Å². The van der Waals surface area contributed by atoms with E-state index >= 15 is 0 Å². The molecular formula is C51H95NO3. The molecule has 0 heterocycles. The molecule has 2 atom stereocenters. The SMILES string of the molecule is CCCCCCCCCCCC/C=C/CC/C=C/CC/C=C/C(O)C(CO)NC(=O)CCCCCCCCC/C=C\CCCCCCCCCCCCCC. The molecule has 3 N–H and O–H groups in total. The Balaban J connectivity index is 3.61. The molecule has 0 aromatic rings. The van der Waals surface area contributed by atoms with Gasteiger partial charge in [0.25, 0.3) is 0 Å². The highest BCUT2D eigenvalue weighted by molar-refractivity contribution is 5.76. The van der Waals surface area contributed by atoms with Crippen molar-refractivity contribution in [1.29, 1.82) is 0 Å². The maximum Gasteiger partial charge on any atom is 0.220 e. The van der Waals surface area contributed by atoms with Crippen molar-refractivity contribution in [2.75, 3.05) is 6.61 Å². The molecule has 0 radical (unpaired) electrons.